The van der Waals surface area contributed by atoms with Crippen LogP contribution in [0.15, 0.2) is 42.5 Å². The van der Waals surface area contributed by atoms with E-state index in [1.54, 1.807) is 30.3 Å². The molecule has 0 aliphatic rings. The van der Waals surface area contributed by atoms with E-state index in [-0.39, 0.29) is 11.4 Å². The molecular weight excluding hydrogens is 268 g/mol. The van der Waals surface area contributed by atoms with E-state index in [4.69, 9.17) is 16.2 Å². The van der Waals surface area contributed by atoms with Crippen molar-refractivity contribution in [3.05, 3.63) is 53.6 Å². The second-order valence-corrected chi connectivity index (χ2v) is 4.61. The molecule has 6 nitrogen and oxygen atoms in total. The van der Waals surface area contributed by atoms with E-state index in [0.29, 0.717) is 11.4 Å². The summed E-state index contributed by atoms with van der Waals surface area (Å²) in [4.78, 5) is 18.4. The molecule has 1 aromatic heterocycles. The highest BCUT2D eigenvalue weighted by atomic mass is 16.4. The van der Waals surface area contributed by atoms with Crippen LogP contribution in [0.25, 0.3) is 22.4 Å². The Balaban J connectivity index is 2.04. The minimum Gasteiger partial charge on any atom is -0.478 e. The smallest absolute Gasteiger partial charge is 0.335 e. The Bertz CT molecular complexity index is 850. The molecule has 3 aromatic rings. The van der Waals surface area contributed by atoms with Crippen LogP contribution in [0.4, 0.5) is 0 Å². The molecule has 0 bridgehead atoms. The Morgan fingerprint density at radius 2 is 1.81 bits per heavy atom. The van der Waals surface area contributed by atoms with Crippen molar-refractivity contribution in [1.29, 1.82) is 5.41 Å². The number of carboxylic acid groups (broad SMARTS) is 1. The van der Waals surface area contributed by atoms with Gasteiger partial charge < -0.3 is 15.8 Å². The number of aromatic amines is 1. The molecule has 2 aromatic carbocycles. The number of fused-ring (bicyclic) bond motifs is 1. The number of aromatic nitrogens is 2. The monoisotopic (exact) mass is 280 g/mol. The van der Waals surface area contributed by atoms with Gasteiger partial charge in [-0.1, -0.05) is 12.1 Å². The summed E-state index contributed by atoms with van der Waals surface area (Å²) < 4.78 is 0. The number of nitrogens with one attached hydrogen (secondary N) is 2. The average Bonchev–Trinajstić information content (AvgIpc) is 2.90. The predicted molar refractivity (Wildman–Crippen MR) is 79.5 cm³/mol. The van der Waals surface area contributed by atoms with Crippen LogP contribution < -0.4 is 5.73 Å². The maximum atomic E-state index is 10.8. The van der Waals surface area contributed by atoms with Gasteiger partial charge in [-0.05, 0) is 30.3 Å². The zero-order valence-electron chi connectivity index (χ0n) is 10.9. The molecule has 0 spiro atoms. The number of rotatable bonds is 3. The molecule has 5 N–H and O–H groups in total. The van der Waals surface area contributed by atoms with Gasteiger partial charge in [0.1, 0.15) is 11.7 Å². The van der Waals surface area contributed by atoms with Gasteiger partial charge in [0.25, 0.3) is 0 Å². The van der Waals surface area contributed by atoms with Crippen LogP contribution in [0.5, 0.6) is 0 Å². The fourth-order valence-corrected chi connectivity index (χ4v) is 2.08. The van der Waals surface area contributed by atoms with E-state index in [1.165, 1.54) is 12.1 Å². The fraction of sp³-hybridized carbons (Fsp3) is 0. The first-order chi connectivity index (χ1) is 10.0. The Morgan fingerprint density at radius 1 is 1.14 bits per heavy atom. The van der Waals surface area contributed by atoms with E-state index in [1.807, 2.05) is 0 Å². The molecule has 0 radical (unpaired) electrons. The van der Waals surface area contributed by atoms with Crippen LogP contribution in [-0.2, 0) is 0 Å². The summed E-state index contributed by atoms with van der Waals surface area (Å²) >= 11 is 0. The number of nitrogens with two attached hydrogens (primary N) is 1. The lowest BCUT2D eigenvalue weighted by Crippen LogP contribution is -2.10. The van der Waals surface area contributed by atoms with Crippen molar-refractivity contribution in [3.8, 4) is 11.4 Å². The molecule has 3 rings (SSSR count). The first-order valence-corrected chi connectivity index (χ1v) is 6.22. The Labute approximate surface area is 119 Å². The number of carboxylic acids is 1. The minimum atomic E-state index is -0.961. The third kappa shape index (κ3) is 2.34. The summed E-state index contributed by atoms with van der Waals surface area (Å²) in [6.45, 7) is 0. The molecule has 0 saturated carbocycles. The van der Waals surface area contributed by atoms with Crippen LogP contribution in [0.1, 0.15) is 15.9 Å². The van der Waals surface area contributed by atoms with Crippen molar-refractivity contribution in [2.75, 3.05) is 0 Å². The normalized spacial score (nSPS) is 10.7. The maximum Gasteiger partial charge on any atom is 0.335 e. The largest absolute Gasteiger partial charge is 0.478 e. The predicted octanol–water partition coefficient (Wildman–Crippen LogP) is 2.21. The summed E-state index contributed by atoms with van der Waals surface area (Å²) in [5, 5.41) is 16.3. The number of carbonyl (C=O) groups is 1. The Morgan fingerprint density at radius 3 is 2.43 bits per heavy atom. The zero-order valence-corrected chi connectivity index (χ0v) is 10.9. The second kappa shape index (κ2) is 4.75. The number of hydrogen-bond donors (Lipinski definition) is 4. The van der Waals surface area contributed by atoms with E-state index >= 15 is 0 Å². The number of amidine groups is 1. The number of nitrogen functional groups attached to an aromatic ring is 1. The van der Waals surface area contributed by atoms with Crippen LogP contribution in [0.2, 0.25) is 0 Å². The van der Waals surface area contributed by atoms with Gasteiger partial charge in [0.05, 0.1) is 16.6 Å². The van der Waals surface area contributed by atoms with Crippen molar-refractivity contribution in [2.45, 2.75) is 0 Å². The summed E-state index contributed by atoms with van der Waals surface area (Å²) in [5.41, 5.74) is 8.65. The molecule has 0 amide bonds. The summed E-state index contributed by atoms with van der Waals surface area (Å²) in [5.74, 6) is -0.321. The highest BCUT2D eigenvalue weighted by Crippen LogP contribution is 2.21. The molecule has 0 saturated heterocycles. The molecular formula is C15H12N4O2. The fourth-order valence-electron chi connectivity index (χ4n) is 2.08. The van der Waals surface area contributed by atoms with Crippen molar-refractivity contribution in [3.63, 3.8) is 0 Å². The van der Waals surface area contributed by atoms with Gasteiger partial charge in [-0.3, -0.25) is 5.41 Å². The lowest BCUT2D eigenvalue weighted by molar-refractivity contribution is 0.0697. The first-order valence-electron chi connectivity index (χ1n) is 6.22. The number of benzene rings is 2. The van der Waals surface area contributed by atoms with Crippen molar-refractivity contribution in [1.82, 2.24) is 9.97 Å². The molecule has 21 heavy (non-hydrogen) atoms. The van der Waals surface area contributed by atoms with E-state index < -0.39 is 5.97 Å². The summed E-state index contributed by atoms with van der Waals surface area (Å²) in [7, 11) is 0. The lowest BCUT2D eigenvalue weighted by Gasteiger charge is -1.97. The van der Waals surface area contributed by atoms with E-state index in [0.717, 1.165) is 16.6 Å². The lowest BCUT2D eigenvalue weighted by atomic mass is 10.1. The number of imidazole rings is 1. The highest BCUT2D eigenvalue weighted by Gasteiger charge is 2.08. The Kier molecular flexibility index (Phi) is 2.91. The molecule has 0 aliphatic heterocycles. The third-order valence-electron chi connectivity index (χ3n) is 3.20. The first kappa shape index (κ1) is 12.9. The molecule has 104 valence electrons. The zero-order chi connectivity index (χ0) is 15.0. The van der Waals surface area contributed by atoms with Gasteiger partial charge in [-0.2, -0.15) is 0 Å². The molecule has 1 heterocycles. The van der Waals surface area contributed by atoms with Crippen molar-refractivity contribution < 1.29 is 9.90 Å². The van der Waals surface area contributed by atoms with E-state index in [9.17, 15) is 4.79 Å². The minimum absolute atomic E-state index is 0.00105. The van der Waals surface area contributed by atoms with Gasteiger partial charge in [0.2, 0.25) is 0 Å². The van der Waals surface area contributed by atoms with Crippen LogP contribution in [0.3, 0.4) is 0 Å². The maximum absolute atomic E-state index is 10.8. The van der Waals surface area contributed by atoms with Crippen molar-refractivity contribution >= 4 is 22.8 Å². The van der Waals surface area contributed by atoms with Crippen LogP contribution in [-0.4, -0.2) is 26.9 Å². The van der Waals surface area contributed by atoms with Gasteiger partial charge in [-0.25, -0.2) is 9.78 Å². The standard InChI is InChI=1S/C15H12N4O2/c16-13(17)10-5-6-11-12(7-10)19-14(18-11)8-1-3-9(4-2-8)15(20)21/h1-7H,(H3,16,17)(H,18,19)(H,20,21). The molecule has 0 fully saturated rings. The van der Waals surface area contributed by atoms with Crippen molar-refractivity contribution in [2.24, 2.45) is 5.73 Å². The molecule has 0 unspecified atom stereocenters. The average molecular weight is 280 g/mol. The number of hydrogen-bond acceptors (Lipinski definition) is 3. The van der Waals surface area contributed by atoms with Gasteiger partial charge in [0.15, 0.2) is 0 Å². The molecule has 0 aliphatic carbocycles. The summed E-state index contributed by atoms with van der Waals surface area (Å²) in [6.07, 6.45) is 0. The highest BCUT2D eigenvalue weighted by molar-refractivity contribution is 5.98. The van der Waals surface area contributed by atoms with Crippen LogP contribution >= 0.6 is 0 Å². The van der Waals surface area contributed by atoms with Gasteiger partial charge in [-0.15, -0.1) is 0 Å². The number of nitrogens with zero attached hydrogens (tertiary/aromatic N) is 1. The number of aromatic carboxylic acids is 1. The molecule has 6 heteroatoms. The Hall–Kier alpha value is -3.15. The SMILES string of the molecule is N=C(N)c1ccc2nc(-c3ccc(C(=O)O)cc3)[nH]c2c1. The van der Waals surface area contributed by atoms with Crippen LogP contribution in [0, 0.1) is 5.41 Å². The summed E-state index contributed by atoms with van der Waals surface area (Å²) in [6, 6.07) is 11.8. The molecule has 0 atom stereocenters. The van der Waals surface area contributed by atoms with Gasteiger partial charge >= 0.3 is 5.97 Å². The third-order valence-corrected chi connectivity index (χ3v) is 3.20. The quantitative estimate of drug-likeness (QED) is 0.434. The van der Waals surface area contributed by atoms with Gasteiger partial charge in [0, 0.05) is 11.1 Å². The second-order valence-electron chi connectivity index (χ2n) is 4.61. The number of H-pyrrole nitrogens is 1. The van der Waals surface area contributed by atoms with E-state index in [2.05, 4.69) is 9.97 Å². The topological polar surface area (TPSA) is 116 Å².